The highest BCUT2D eigenvalue weighted by Crippen LogP contribution is 2.45. The number of hydrogen-bond acceptors (Lipinski definition) is 8. The Bertz CT molecular complexity index is 1400. The van der Waals surface area contributed by atoms with Gasteiger partial charge in [0.05, 0.1) is 16.7 Å². The fraction of sp³-hybridized carbons (Fsp3) is 0.240. The lowest BCUT2D eigenvalue weighted by Crippen LogP contribution is -2.27. The number of phenolic OH excluding ortho intramolecular Hbond substituents is 4. The Kier molecular flexibility index (Phi) is 5.13. The van der Waals surface area contributed by atoms with Crippen LogP contribution in [-0.4, -0.2) is 31.1 Å². The zero-order chi connectivity index (χ0) is 24.2. The van der Waals surface area contributed by atoms with Crippen molar-refractivity contribution >= 4 is 17.0 Å². The molecule has 0 spiro atoms. The van der Waals surface area contributed by atoms with Crippen LogP contribution in [0.1, 0.15) is 44.9 Å². The number of aromatic hydroxyl groups is 4. The lowest BCUT2D eigenvalue weighted by Gasteiger charge is -2.28. The van der Waals surface area contributed by atoms with Crippen LogP contribution in [0.25, 0.3) is 28.4 Å². The fourth-order valence-electron chi connectivity index (χ4n) is 3.82. The Labute approximate surface area is 188 Å². The van der Waals surface area contributed by atoms with Crippen molar-refractivity contribution in [3.8, 4) is 40.1 Å². The van der Waals surface area contributed by atoms with Crippen molar-refractivity contribution in [3.05, 3.63) is 57.3 Å². The van der Waals surface area contributed by atoms with Crippen LogP contribution in [-0.2, 0) is 0 Å². The van der Waals surface area contributed by atoms with Crippen LogP contribution in [0.5, 0.6) is 28.7 Å². The molecule has 2 aromatic carbocycles. The number of fused-ring (bicyclic) bond motifs is 3. The lowest BCUT2D eigenvalue weighted by atomic mass is 9.95. The molecule has 8 heteroatoms. The number of rotatable bonds is 3. The zero-order valence-electron chi connectivity index (χ0n) is 18.5. The normalized spacial score (nSPS) is 15.1. The van der Waals surface area contributed by atoms with Crippen molar-refractivity contribution in [2.75, 3.05) is 0 Å². The van der Waals surface area contributed by atoms with Gasteiger partial charge in [0.1, 0.15) is 40.1 Å². The molecule has 0 bridgehead atoms. The smallest absolute Gasteiger partial charge is 0.203 e. The second kappa shape index (κ2) is 7.60. The number of aliphatic hydroxyl groups excluding tert-OH is 1. The van der Waals surface area contributed by atoms with Gasteiger partial charge >= 0.3 is 0 Å². The summed E-state index contributed by atoms with van der Waals surface area (Å²) in [6.45, 7) is 7.11. The number of aliphatic hydroxyl groups is 1. The van der Waals surface area contributed by atoms with E-state index in [0.717, 1.165) is 12.1 Å². The first-order chi connectivity index (χ1) is 15.4. The Balaban J connectivity index is 2.16. The van der Waals surface area contributed by atoms with E-state index in [-0.39, 0.29) is 33.6 Å². The first-order valence-corrected chi connectivity index (χ1v) is 10.2. The molecule has 0 aliphatic carbocycles. The second-order valence-electron chi connectivity index (χ2n) is 8.77. The quantitative estimate of drug-likeness (QED) is 0.223. The van der Waals surface area contributed by atoms with Crippen molar-refractivity contribution in [2.24, 2.45) is 0 Å². The number of allylic oxidation sites excluding steroid dienone is 1. The Morgan fingerprint density at radius 1 is 1.00 bits per heavy atom. The van der Waals surface area contributed by atoms with Gasteiger partial charge in [0.25, 0.3) is 0 Å². The van der Waals surface area contributed by atoms with Gasteiger partial charge in [-0.3, -0.25) is 4.79 Å². The van der Waals surface area contributed by atoms with Crippen molar-refractivity contribution in [1.82, 2.24) is 0 Å². The highest BCUT2D eigenvalue weighted by molar-refractivity contribution is 5.95. The maximum absolute atomic E-state index is 13.6. The molecule has 1 aromatic heterocycles. The number of benzene rings is 2. The molecule has 1 aliphatic heterocycles. The molecule has 33 heavy (non-hydrogen) atoms. The van der Waals surface area contributed by atoms with E-state index in [4.69, 9.17) is 9.15 Å². The van der Waals surface area contributed by atoms with E-state index in [0.29, 0.717) is 11.1 Å². The lowest BCUT2D eigenvalue weighted by molar-refractivity contribution is 0.158. The van der Waals surface area contributed by atoms with E-state index >= 15 is 0 Å². The molecule has 172 valence electrons. The largest absolute Gasteiger partial charge is 0.507 e. The molecule has 1 atom stereocenters. The SMILES string of the molecule is CC(C)=C[C@H](O)c1c(-c2cc(O)c(O)cc2O)oc2c3c(cc(O)c2c1=O)OC(C)(C)C=C3. The summed E-state index contributed by atoms with van der Waals surface area (Å²) in [7, 11) is 0. The topological polar surface area (TPSA) is 141 Å². The predicted molar refractivity (Wildman–Crippen MR) is 123 cm³/mol. The molecule has 0 unspecified atom stereocenters. The molecule has 1 aliphatic rings. The van der Waals surface area contributed by atoms with E-state index in [1.54, 1.807) is 26.0 Å². The Morgan fingerprint density at radius 3 is 2.33 bits per heavy atom. The summed E-state index contributed by atoms with van der Waals surface area (Å²) >= 11 is 0. The molecule has 0 radical (unpaired) electrons. The maximum atomic E-state index is 13.6. The van der Waals surface area contributed by atoms with E-state index in [1.807, 2.05) is 13.8 Å². The molecule has 8 nitrogen and oxygen atoms in total. The van der Waals surface area contributed by atoms with Gasteiger partial charge in [-0.15, -0.1) is 0 Å². The van der Waals surface area contributed by atoms with Crippen LogP contribution in [0.3, 0.4) is 0 Å². The summed E-state index contributed by atoms with van der Waals surface area (Å²) in [5.74, 6) is -1.94. The molecule has 4 rings (SSSR count). The molecule has 0 saturated carbocycles. The maximum Gasteiger partial charge on any atom is 0.203 e. The van der Waals surface area contributed by atoms with Gasteiger partial charge in [-0.05, 0) is 45.9 Å². The van der Waals surface area contributed by atoms with E-state index in [1.165, 1.54) is 12.1 Å². The van der Waals surface area contributed by atoms with Gasteiger partial charge in [0.2, 0.25) is 5.43 Å². The first-order valence-electron chi connectivity index (χ1n) is 10.2. The Morgan fingerprint density at radius 2 is 1.67 bits per heavy atom. The minimum absolute atomic E-state index is 0.0168. The summed E-state index contributed by atoms with van der Waals surface area (Å²) in [6.07, 6.45) is 3.44. The second-order valence-corrected chi connectivity index (χ2v) is 8.77. The summed E-state index contributed by atoms with van der Waals surface area (Å²) in [4.78, 5) is 13.6. The summed E-state index contributed by atoms with van der Waals surface area (Å²) < 4.78 is 11.9. The van der Waals surface area contributed by atoms with Crippen LogP contribution in [0, 0.1) is 0 Å². The summed E-state index contributed by atoms with van der Waals surface area (Å²) in [6, 6.07) is 3.24. The van der Waals surface area contributed by atoms with Crippen molar-refractivity contribution in [2.45, 2.75) is 39.4 Å². The summed E-state index contributed by atoms with van der Waals surface area (Å²) in [5, 5.41) is 51.5. The third kappa shape index (κ3) is 3.78. The highest BCUT2D eigenvalue weighted by Gasteiger charge is 2.30. The van der Waals surface area contributed by atoms with Crippen LogP contribution in [0.4, 0.5) is 0 Å². The van der Waals surface area contributed by atoms with E-state index < -0.39 is 40.1 Å². The minimum Gasteiger partial charge on any atom is -0.507 e. The predicted octanol–water partition coefficient (Wildman–Crippen LogP) is 4.47. The third-order valence-corrected chi connectivity index (χ3v) is 5.33. The first kappa shape index (κ1) is 22.3. The van der Waals surface area contributed by atoms with E-state index in [2.05, 4.69) is 0 Å². The third-order valence-electron chi connectivity index (χ3n) is 5.33. The van der Waals surface area contributed by atoms with E-state index in [9.17, 15) is 30.3 Å². The van der Waals surface area contributed by atoms with Gasteiger partial charge in [-0.1, -0.05) is 11.6 Å². The van der Waals surface area contributed by atoms with Crippen LogP contribution in [0.2, 0.25) is 0 Å². The average molecular weight is 452 g/mol. The molecule has 5 N–H and O–H groups in total. The molecular weight excluding hydrogens is 428 g/mol. The number of ether oxygens (including phenoxy) is 1. The van der Waals surface area contributed by atoms with Gasteiger partial charge in [-0.25, -0.2) is 0 Å². The fourth-order valence-corrected chi connectivity index (χ4v) is 3.82. The van der Waals surface area contributed by atoms with Crippen molar-refractivity contribution in [1.29, 1.82) is 0 Å². The van der Waals surface area contributed by atoms with Gasteiger partial charge in [0, 0.05) is 12.1 Å². The summed E-state index contributed by atoms with van der Waals surface area (Å²) in [5.41, 5.74) is -0.667. The van der Waals surface area contributed by atoms with Crippen LogP contribution < -0.4 is 10.2 Å². The molecular formula is C25H24O8. The van der Waals surface area contributed by atoms with Gasteiger partial charge in [-0.2, -0.15) is 0 Å². The van der Waals surface area contributed by atoms with Gasteiger partial charge < -0.3 is 34.7 Å². The standard InChI is InChI=1S/C25H24O8/c1-11(2)7-17(29)20-22(31)21-18(30)10-19-12(5-6-25(3,4)33-19)23(21)32-24(20)13-8-15(27)16(28)9-14(13)26/h5-10,17,26-30H,1-4H3/t17-/m0/s1. The molecule has 2 heterocycles. The van der Waals surface area contributed by atoms with Gasteiger partial charge in [0.15, 0.2) is 17.1 Å². The molecule has 0 saturated heterocycles. The molecule has 0 fully saturated rings. The number of hydrogen-bond donors (Lipinski definition) is 5. The van der Waals surface area contributed by atoms with Crippen LogP contribution >= 0.6 is 0 Å². The highest BCUT2D eigenvalue weighted by atomic mass is 16.5. The van der Waals surface area contributed by atoms with Crippen LogP contribution in [0.15, 0.2) is 45.1 Å². The minimum atomic E-state index is -1.44. The molecule has 3 aromatic rings. The average Bonchev–Trinajstić information content (AvgIpc) is 2.68. The zero-order valence-corrected chi connectivity index (χ0v) is 18.5. The molecule has 0 amide bonds. The van der Waals surface area contributed by atoms with Crippen molar-refractivity contribution < 1.29 is 34.7 Å². The number of phenols is 4. The monoisotopic (exact) mass is 452 g/mol. The van der Waals surface area contributed by atoms with Crippen molar-refractivity contribution in [3.63, 3.8) is 0 Å². The Hall–Kier alpha value is -3.91.